The zero-order valence-corrected chi connectivity index (χ0v) is 8.26. The topological polar surface area (TPSA) is 58.6 Å². The molecule has 0 bridgehead atoms. The van der Waals surface area contributed by atoms with Crippen molar-refractivity contribution in [2.24, 2.45) is 0 Å². The first-order chi connectivity index (χ1) is 6.14. The number of ether oxygens (including phenoxy) is 1. The maximum absolute atomic E-state index is 10.7. The van der Waals surface area contributed by atoms with E-state index in [1.54, 1.807) is 11.8 Å². The predicted octanol–water partition coefficient (Wildman–Crippen LogP) is 0.281. The molecule has 0 radical (unpaired) electrons. The van der Waals surface area contributed by atoms with Crippen molar-refractivity contribution in [1.82, 2.24) is 5.32 Å². The molecule has 2 aliphatic rings. The fraction of sp³-hybridized carbons (Fsp3) is 0.875. The van der Waals surface area contributed by atoms with Crippen LogP contribution >= 0.6 is 11.8 Å². The Labute approximate surface area is 81.0 Å². The van der Waals surface area contributed by atoms with Gasteiger partial charge in [-0.2, -0.15) is 0 Å². The van der Waals surface area contributed by atoms with Crippen molar-refractivity contribution < 1.29 is 14.6 Å². The molecule has 2 fully saturated rings. The second-order valence-electron chi connectivity index (χ2n) is 3.50. The van der Waals surface area contributed by atoms with Gasteiger partial charge in [-0.25, -0.2) is 0 Å². The first kappa shape index (κ1) is 9.30. The number of carbonyl (C=O) groups is 1. The van der Waals surface area contributed by atoms with Gasteiger partial charge in [0.15, 0.2) is 0 Å². The van der Waals surface area contributed by atoms with E-state index in [4.69, 9.17) is 9.84 Å². The lowest BCUT2D eigenvalue weighted by molar-refractivity contribution is -0.139. The SMILES string of the molecule is CC1OCCC12N[C@H](C(=O)O)CS2. The summed E-state index contributed by atoms with van der Waals surface area (Å²) in [7, 11) is 0. The first-order valence-corrected chi connectivity index (χ1v) is 5.39. The molecule has 1 spiro atoms. The molecule has 0 aromatic carbocycles. The standard InChI is InChI=1S/C8H13NO3S/c1-5-8(2-3-12-5)9-6(4-13-8)7(10)11/h5-6,9H,2-4H2,1H3,(H,10,11)/t5?,6-,8?/m0/s1. The lowest BCUT2D eigenvalue weighted by atomic mass is 10.1. The second kappa shape index (κ2) is 3.15. The van der Waals surface area contributed by atoms with Gasteiger partial charge in [-0.1, -0.05) is 0 Å². The Bertz CT molecular complexity index is 235. The minimum absolute atomic E-state index is 0.113. The maximum atomic E-state index is 10.7. The highest BCUT2D eigenvalue weighted by molar-refractivity contribution is 8.01. The van der Waals surface area contributed by atoms with Gasteiger partial charge in [-0.3, -0.25) is 10.1 Å². The molecule has 13 heavy (non-hydrogen) atoms. The van der Waals surface area contributed by atoms with Crippen molar-refractivity contribution in [2.75, 3.05) is 12.4 Å². The van der Waals surface area contributed by atoms with E-state index in [-0.39, 0.29) is 11.0 Å². The highest BCUT2D eigenvalue weighted by Gasteiger charge is 2.49. The highest BCUT2D eigenvalue weighted by Crippen LogP contribution is 2.41. The van der Waals surface area contributed by atoms with Crippen molar-refractivity contribution in [3.05, 3.63) is 0 Å². The van der Waals surface area contributed by atoms with Crippen LogP contribution in [0.5, 0.6) is 0 Å². The lowest BCUT2D eigenvalue weighted by Crippen LogP contribution is -2.48. The maximum Gasteiger partial charge on any atom is 0.321 e. The van der Waals surface area contributed by atoms with E-state index in [1.165, 1.54) is 0 Å². The van der Waals surface area contributed by atoms with E-state index in [9.17, 15) is 4.79 Å². The lowest BCUT2D eigenvalue weighted by Gasteiger charge is -2.26. The fourth-order valence-electron chi connectivity index (χ4n) is 1.85. The molecule has 2 aliphatic heterocycles. The summed E-state index contributed by atoms with van der Waals surface area (Å²) in [6.07, 6.45) is 1.02. The summed E-state index contributed by atoms with van der Waals surface area (Å²) in [6, 6.07) is -0.408. The van der Waals surface area contributed by atoms with Gasteiger partial charge in [0.25, 0.3) is 0 Å². The molecular formula is C8H13NO3S. The van der Waals surface area contributed by atoms with Crippen LogP contribution in [-0.2, 0) is 9.53 Å². The molecule has 2 heterocycles. The Morgan fingerprint density at radius 3 is 3.00 bits per heavy atom. The number of thioether (sulfide) groups is 1. The molecule has 0 aromatic heterocycles. The van der Waals surface area contributed by atoms with E-state index < -0.39 is 12.0 Å². The summed E-state index contributed by atoms with van der Waals surface area (Å²) in [5.41, 5.74) is 0. The number of nitrogens with one attached hydrogen (secondary N) is 1. The van der Waals surface area contributed by atoms with Crippen molar-refractivity contribution in [3.63, 3.8) is 0 Å². The smallest absolute Gasteiger partial charge is 0.321 e. The number of carboxylic acid groups (broad SMARTS) is 1. The monoisotopic (exact) mass is 203 g/mol. The molecule has 5 heteroatoms. The number of hydrogen-bond acceptors (Lipinski definition) is 4. The minimum atomic E-state index is -0.761. The fourth-order valence-corrected chi connectivity index (χ4v) is 3.29. The summed E-state index contributed by atoms with van der Waals surface area (Å²) in [6.45, 7) is 2.73. The van der Waals surface area contributed by atoms with Crippen LogP contribution in [0.25, 0.3) is 0 Å². The molecule has 0 aromatic rings. The van der Waals surface area contributed by atoms with Crippen LogP contribution < -0.4 is 5.32 Å². The van der Waals surface area contributed by atoms with E-state index in [1.807, 2.05) is 6.92 Å². The van der Waals surface area contributed by atoms with Crippen LogP contribution in [0.3, 0.4) is 0 Å². The highest BCUT2D eigenvalue weighted by atomic mass is 32.2. The molecule has 2 saturated heterocycles. The van der Waals surface area contributed by atoms with Gasteiger partial charge in [0, 0.05) is 18.8 Å². The Morgan fingerprint density at radius 1 is 1.77 bits per heavy atom. The third-order valence-electron chi connectivity index (χ3n) is 2.72. The molecule has 0 amide bonds. The average Bonchev–Trinajstić information content (AvgIpc) is 2.63. The van der Waals surface area contributed by atoms with Gasteiger partial charge in [0.05, 0.1) is 11.0 Å². The second-order valence-corrected chi connectivity index (χ2v) is 4.85. The Kier molecular flexibility index (Phi) is 2.25. The van der Waals surface area contributed by atoms with Crippen LogP contribution in [-0.4, -0.2) is 40.5 Å². The van der Waals surface area contributed by atoms with Crippen molar-refractivity contribution in [2.45, 2.75) is 30.4 Å². The molecule has 4 nitrogen and oxygen atoms in total. The normalized spacial score (nSPS) is 44.4. The number of aliphatic carboxylic acids is 1. The van der Waals surface area contributed by atoms with Crippen LogP contribution in [0.4, 0.5) is 0 Å². The summed E-state index contributed by atoms with van der Waals surface area (Å²) in [5, 5.41) is 12.0. The molecule has 0 saturated carbocycles. The van der Waals surface area contributed by atoms with Gasteiger partial charge in [0.2, 0.25) is 0 Å². The Hall–Kier alpha value is -0.260. The predicted molar refractivity (Wildman–Crippen MR) is 49.8 cm³/mol. The largest absolute Gasteiger partial charge is 0.480 e. The van der Waals surface area contributed by atoms with E-state index in [0.717, 1.165) is 13.0 Å². The molecule has 2 rings (SSSR count). The van der Waals surface area contributed by atoms with Crippen molar-refractivity contribution >= 4 is 17.7 Å². The van der Waals surface area contributed by atoms with Gasteiger partial charge < -0.3 is 9.84 Å². The average molecular weight is 203 g/mol. The Balaban J connectivity index is 2.07. The molecule has 2 unspecified atom stereocenters. The van der Waals surface area contributed by atoms with Gasteiger partial charge in [-0.05, 0) is 6.92 Å². The molecule has 0 aliphatic carbocycles. The van der Waals surface area contributed by atoms with Gasteiger partial charge in [-0.15, -0.1) is 11.8 Å². The summed E-state index contributed by atoms with van der Waals surface area (Å²) in [4.78, 5) is 10.6. The zero-order chi connectivity index (χ0) is 9.47. The van der Waals surface area contributed by atoms with Crippen LogP contribution in [0, 0.1) is 0 Å². The molecule has 2 N–H and O–H groups in total. The van der Waals surface area contributed by atoms with Crippen LogP contribution in [0.2, 0.25) is 0 Å². The third-order valence-corrected chi connectivity index (χ3v) is 4.39. The third kappa shape index (κ3) is 1.45. The van der Waals surface area contributed by atoms with Gasteiger partial charge in [0.1, 0.15) is 6.04 Å². The van der Waals surface area contributed by atoms with Gasteiger partial charge >= 0.3 is 5.97 Å². The first-order valence-electron chi connectivity index (χ1n) is 4.40. The summed E-state index contributed by atoms with van der Waals surface area (Å²) in [5.74, 6) is -0.119. The van der Waals surface area contributed by atoms with Crippen molar-refractivity contribution in [1.29, 1.82) is 0 Å². The van der Waals surface area contributed by atoms with Crippen LogP contribution in [0.15, 0.2) is 0 Å². The molecular weight excluding hydrogens is 190 g/mol. The summed E-state index contributed by atoms with van der Waals surface area (Å²) >= 11 is 1.68. The van der Waals surface area contributed by atoms with Crippen LogP contribution in [0.1, 0.15) is 13.3 Å². The van der Waals surface area contributed by atoms with E-state index in [2.05, 4.69) is 5.32 Å². The number of rotatable bonds is 1. The van der Waals surface area contributed by atoms with Crippen molar-refractivity contribution in [3.8, 4) is 0 Å². The van der Waals surface area contributed by atoms with E-state index >= 15 is 0 Å². The number of carboxylic acids is 1. The molecule has 3 atom stereocenters. The molecule has 74 valence electrons. The number of hydrogen-bond donors (Lipinski definition) is 2. The summed E-state index contributed by atoms with van der Waals surface area (Å²) < 4.78 is 5.44. The van der Waals surface area contributed by atoms with E-state index in [0.29, 0.717) is 5.75 Å². The zero-order valence-electron chi connectivity index (χ0n) is 7.45. The quantitative estimate of drug-likeness (QED) is 0.641. The Morgan fingerprint density at radius 2 is 2.54 bits per heavy atom. The minimum Gasteiger partial charge on any atom is -0.480 e.